The van der Waals surface area contributed by atoms with Crippen LogP contribution in [0.3, 0.4) is 0 Å². The molecule has 0 bridgehead atoms. The molecule has 0 aromatic heterocycles. The summed E-state index contributed by atoms with van der Waals surface area (Å²) in [6.07, 6.45) is -0.295. The van der Waals surface area contributed by atoms with Crippen LogP contribution in [0.1, 0.15) is 12.0 Å². The molecule has 0 saturated heterocycles. The Morgan fingerprint density at radius 2 is 2.11 bits per heavy atom. The predicted octanol–water partition coefficient (Wildman–Crippen LogP) is 1.85. The topological polar surface area (TPSA) is 53.3 Å². The van der Waals surface area contributed by atoms with E-state index in [1.54, 1.807) is 6.07 Å². The van der Waals surface area contributed by atoms with Gasteiger partial charge in [-0.05, 0) is 6.07 Å². The van der Waals surface area contributed by atoms with E-state index in [2.05, 4.69) is 4.74 Å². The van der Waals surface area contributed by atoms with Crippen LogP contribution in [0.4, 0.5) is 8.78 Å². The fourth-order valence-corrected chi connectivity index (χ4v) is 1.39. The van der Waals surface area contributed by atoms with E-state index in [0.29, 0.717) is 0 Å². The zero-order valence-corrected chi connectivity index (χ0v) is 10.0. The number of carbonyl (C=O) groups is 1. The summed E-state index contributed by atoms with van der Waals surface area (Å²) in [5.41, 5.74) is 0.0297. The van der Waals surface area contributed by atoms with Crippen molar-refractivity contribution in [3.05, 3.63) is 29.3 Å². The third kappa shape index (κ3) is 3.17. The molecule has 18 heavy (non-hydrogen) atoms. The molecular formula is C12H12F2N2O2. The molecule has 0 saturated carbocycles. The Morgan fingerprint density at radius 3 is 2.67 bits per heavy atom. The second-order valence-corrected chi connectivity index (χ2v) is 3.66. The Balaban J connectivity index is 2.89. The van der Waals surface area contributed by atoms with Crippen LogP contribution < -0.4 is 4.74 Å². The van der Waals surface area contributed by atoms with E-state index in [1.165, 1.54) is 14.2 Å². The Kier molecular flexibility index (Phi) is 4.60. The van der Waals surface area contributed by atoms with Crippen LogP contribution in [0, 0.1) is 23.0 Å². The average Bonchev–Trinajstić information content (AvgIpc) is 2.33. The molecule has 96 valence electrons. The summed E-state index contributed by atoms with van der Waals surface area (Å²) in [6.45, 7) is -0.104. The molecule has 1 amide bonds. The standard InChI is InChI=1S/C12H12F2N2O2/c1-16(12(17)3-4-15)7-8-5-10(14)11(18-2)6-9(8)13/h5-6H,3,7H2,1-2H3. The van der Waals surface area contributed by atoms with Crippen LogP contribution >= 0.6 is 0 Å². The van der Waals surface area contributed by atoms with Crippen molar-refractivity contribution in [3.63, 3.8) is 0 Å². The normalized spacial score (nSPS) is 9.72. The maximum atomic E-state index is 13.6. The SMILES string of the molecule is COc1cc(F)c(CN(C)C(=O)CC#N)cc1F. The lowest BCUT2D eigenvalue weighted by atomic mass is 10.1. The molecule has 0 aliphatic heterocycles. The summed E-state index contributed by atoms with van der Waals surface area (Å²) >= 11 is 0. The van der Waals surface area contributed by atoms with Gasteiger partial charge in [0, 0.05) is 25.2 Å². The van der Waals surface area contributed by atoms with E-state index in [1.807, 2.05) is 0 Å². The minimum atomic E-state index is -0.699. The van der Waals surface area contributed by atoms with Gasteiger partial charge in [0.25, 0.3) is 0 Å². The summed E-state index contributed by atoms with van der Waals surface area (Å²) in [4.78, 5) is 12.5. The maximum absolute atomic E-state index is 13.6. The third-order valence-electron chi connectivity index (χ3n) is 2.38. The van der Waals surface area contributed by atoms with Crippen molar-refractivity contribution < 1.29 is 18.3 Å². The van der Waals surface area contributed by atoms with E-state index in [9.17, 15) is 13.6 Å². The molecule has 0 atom stereocenters. The number of ether oxygens (including phenoxy) is 1. The Bertz CT molecular complexity index is 498. The Morgan fingerprint density at radius 1 is 1.44 bits per heavy atom. The number of nitrogens with zero attached hydrogens (tertiary/aromatic N) is 2. The number of methoxy groups -OCH3 is 1. The van der Waals surface area contributed by atoms with Crippen molar-refractivity contribution in [3.8, 4) is 11.8 Å². The van der Waals surface area contributed by atoms with E-state index in [4.69, 9.17) is 5.26 Å². The van der Waals surface area contributed by atoms with Crippen molar-refractivity contribution in [1.29, 1.82) is 5.26 Å². The number of benzene rings is 1. The van der Waals surface area contributed by atoms with Crippen molar-refractivity contribution in [1.82, 2.24) is 4.90 Å². The first kappa shape index (κ1) is 13.9. The van der Waals surface area contributed by atoms with Gasteiger partial charge >= 0.3 is 0 Å². The van der Waals surface area contributed by atoms with Crippen molar-refractivity contribution in [2.75, 3.05) is 14.2 Å². The van der Waals surface area contributed by atoms with Gasteiger partial charge in [0.2, 0.25) is 5.91 Å². The van der Waals surface area contributed by atoms with Gasteiger partial charge in [0.05, 0.1) is 13.2 Å². The number of carbonyl (C=O) groups excluding carboxylic acids is 1. The van der Waals surface area contributed by atoms with Crippen LogP contribution in [0.2, 0.25) is 0 Å². The summed E-state index contributed by atoms with van der Waals surface area (Å²) in [6, 6.07) is 3.60. The number of hydrogen-bond acceptors (Lipinski definition) is 3. The highest BCUT2D eigenvalue weighted by molar-refractivity contribution is 5.77. The molecular weight excluding hydrogens is 242 g/mol. The zero-order valence-electron chi connectivity index (χ0n) is 10.0. The minimum Gasteiger partial charge on any atom is -0.494 e. The zero-order chi connectivity index (χ0) is 13.7. The monoisotopic (exact) mass is 254 g/mol. The molecule has 0 radical (unpaired) electrons. The predicted molar refractivity (Wildman–Crippen MR) is 59.6 cm³/mol. The van der Waals surface area contributed by atoms with Crippen LogP contribution in [-0.2, 0) is 11.3 Å². The van der Waals surface area contributed by atoms with Gasteiger partial charge in [0.1, 0.15) is 12.2 Å². The lowest BCUT2D eigenvalue weighted by Crippen LogP contribution is -2.26. The Hall–Kier alpha value is -2.16. The van der Waals surface area contributed by atoms with Gasteiger partial charge in [-0.25, -0.2) is 8.78 Å². The fraction of sp³-hybridized carbons (Fsp3) is 0.333. The van der Waals surface area contributed by atoms with Gasteiger partial charge in [-0.2, -0.15) is 5.26 Å². The Labute approximate surface area is 103 Å². The summed E-state index contributed by atoms with van der Waals surface area (Å²) in [7, 11) is 2.65. The van der Waals surface area contributed by atoms with Gasteiger partial charge in [-0.15, -0.1) is 0 Å². The fourth-order valence-electron chi connectivity index (χ4n) is 1.39. The molecule has 1 aromatic rings. The van der Waals surface area contributed by atoms with Crippen molar-refractivity contribution >= 4 is 5.91 Å². The quantitative estimate of drug-likeness (QED) is 0.823. The minimum absolute atomic E-state index is 0.0297. The smallest absolute Gasteiger partial charge is 0.236 e. The molecule has 0 aliphatic rings. The summed E-state index contributed by atoms with van der Waals surface area (Å²) in [5, 5.41) is 8.37. The van der Waals surface area contributed by atoms with Crippen LogP contribution in [0.15, 0.2) is 12.1 Å². The first-order valence-electron chi connectivity index (χ1n) is 5.12. The largest absolute Gasteiger partial charge is 0.494 e. The lowest BCUT2D eigenvalue weighted by Gasteiger charge is -2.16. The molecule has 1 aromatic carbocycles. The molecule has 6 heteroatoms. The van der Waals surface area contributed by atoms with Crippen LogP contribution in [0.25, 0.3) is 0 Å². The van der Waals surface area contributed by atoms with E-state index in [-0.39, 0.29) is 24.3 Å². The molecule has 0 heterocycles. The van der Waals surface area contributed by atoms with Crippen LogP contribution in [0.5, 0.6) is 5.75 Å². The second kappa shape index (κ2) is 5.96. The molecule has 0 aliphatic carbocycles. The number of halogens is 2. The van der Waals surface area contributed by atoms with E-state index < -0.39 is 17.5 Å². The average molecular weight is 254 g/mol. The van der Waals surface area contributed by atoms with Gasteiger partial charge in [0.15, 0.2) is 11.6 Å². The van der Waals surface area contributed by atoms with Gasteiger partial charge in [-0.1, -0.05) is 0 Å². The lowest BCUT2D eigenvalue weighted by molar-refractivity contribution is -0.129. The van der Waals surface area contributed by atoms with Gasteiger partial charge < -0.3 is 9.64 Å². The highest BCUT2D eigenvalue weighted by Gasteiger charge is 2.14. The molecule has 0 N–H and O–H groups in total. The molecule has 0 unspecified atom stereocenters. The number of rotatable bonds is 4. The number of nitriles is 1. The third-order valence-corrected chi connectivity index (χ3v) is 2.38. The van der Waals surface area contributed by atoms with Crippen molar-refractivity contribution in [2.45, 2.75) is 13.0 Å². The molecule has 1 rings (SSSR count). The van der Waals surface area contributed by atoms with Crippen LogP contribution in [-0.4, -0.2) is 25.0 Å². The number of amides is 1. The van der Waals surface area contributed by atoms with Crippen molar-refractivity contribution in [2.24, 2.45) is 0 Å². The van der Waals surface area contributed by atoms with E-state index in [0.717, 1.165) is 17.0 Å². The highest BCUT2D eigenvalue weighted by Crippen LogP contribution is 2.22. The first-order valence-corrected chi connectivity index (χ1v) is 5.12. The van der Waals surface area contributed by atoms with Gasteiger partial charge in [-0.3, -0.25) is 4.79 Å². The molecule has 0 spiro atoms. The summed E-state index contributed by atoms with van der Waals surface area (Å²) < 4.78 is 31.6. The van der Waals surface area contributed by atoms with E-state index >= 15 is 0 Å². The molecule has 0 fully saturated rings. The maximum Gasteiger partial charge on any atom is 0.236 e. The highest BCUT2D eigenvalue weighted by atomic mass is 19.1. The summed E-state index contributed by atoms with van der Waals surface area (Å²) in [5.74, 6) is -2.00. The first-order chi connectivity index (χ1) is 8.49. The second-order valence-electron chi connectivity index (χ2n) is 3.66. The molecule has 4 nitrogen and oxygen atoms in total. The number of hydrogen-bond donors (Lipinski definition) is 0.